The van der Waals surface area contributed by atoms with Gasteiger partial charge in [0, 0.05) is 45.7 Å². The number of likely N-dealkylation sites (tertiary alicyclic amines) is 1. The lowest BCUT2D eigenvalue weighted by molar-refractivity contribution is -0.129. The Bertz CT molecular complexity index is 616. The normalized spacial score (nSPS) is 17.7. The highest BCUT2D eigenvalue weighted by Crippen LogP contribution is 2.11. The van der Waals surface area contributed by atoms with Crippen molar-refractivity contribution in [3.8, 4) is 0 Å². The maximum Gasteiger partial charge on any atom is 0.222 e. The predicted molar refractivity (Wildman–Crippen MR) is 107 cm³/mol. The van der Waals surface area contributed by atoms with Crippen LogP contribution in [0.2, 0.25) is 0 Å². The number of nitrogens with zero attached hydrogens (tertiary/aromatic N) is 3. The van der Waals surface area contributed by atoms with Gasteiger partial charge < -0.3 is 20.4 Å². The molecule has 2 N–H and O–H groups in total. The smallest absolute Gasteiger partial charge is 0.222 e. The van der Waals surface area contributed by atoms with E-state index < -0.39 is 0 Å². The third kappa shape index (κ3) is 6.02. The first-order valence-electron chi connectivity index (χ1n) is 9.57. The van der Waals surface area contributed by atoms with Crippen LogP contribution in [0, 0.1) is 0 Å². The van der Waals surface area contributed by atoms with Gasteiger partial charge in [-0.15, -0.1) is 0 Å². The van der Waals surface area contributed by atoms with Crippen molar-refractivity contribution >= 4 is 11.9 Å². The Kier molecular flexibility index (Phi) is 7.91. The van der Waals surface area contributed by atoms with Crippen molar-refractivity contribution in [3.63, 3.8) is 0 Å². The Balaban J connectivity index is 1.84. The Morgan fingerprint density at radius 2 is 2.12 bits per heavy atom. The van der Waals surface area contributed by atoms with Gasteiger partial charge in [0.15, 0.2) is 5.96 Å². The first kappa shape index (κ1) is 20.2. The van der Waals surface area contributed by atoms with Crippen molar-refractivity contribution < 1.29 is 4.79 Å². The zero-order valence-corrected chi connectivity index (χ0v) is 16.6. The number of amides is 1. The van der Waals surface area contributed by atoms with Crippen LogP contribution in [0.1, 0.15) is 37.8 Å². The molecule has 26 heavy (non-hydrogen) atoms. The molecule has 0 saturated carbocycles. The largest absolute Gasteiger partial charge is 0.352 e. The average Bonchev–Trinajstić information content (AvgIpc) is 3.13. The monoisotopic (exact) mass is 359 g/mol. The second-order valence-corrected chi connectivity index (χ2v) is 6.90. The number of nitrogens with one attached hydrogen (secondary N) is 2. The molecule has 2 rings (SSSR count). The fourth-order valence-electron chi connectivity index (χ4n) is 3.16. The Labute approximate surface area is 157 Å². The van der Waals surface area contributed by atoms with E-state index >= 15 is 0 Å². The Morgan fingerprint density at radius 1 is 1.35 bits per heavy atom. The number of rotatable bonds is 7. The molecule has 1 aliphatic heterocycles. The van der Waals surface area contributed by atoms with Crippen LogP contribution in [-0.4, -0.2) is 61.4 Å². The lowest BCUT2D eigenvalue weighted by atomic mass is 10.1. The van der Waals surface area contributed by atoms with Gasteiger partial charge in [0.05, 0.1) is 0 Å². The van der Waals surface area contributed by atoms with Gasteiger partial charge in [0.1, 0.15) is 0 Å². The molecule has 1 aromatic rings. The molecule has 0 radical (unpaired) electrons. The summed E-state index contributed by atoms with van der Waals surface area (Å²) < 4.78 is 0. The lowest BCUT2D eigenvalue weighted by Gasteiger charge is -2.19. The summed E-state index contributed by atoms with van der Waals surface area (Å²) in [6.45, 7) is 8.39. The maximum absolute atomic E-state index is 11.8. The summed E-state index contributed by atoms with van der Waals surface area (Å²) in [6, 6.07) is 8.91. The summed E-state index contributed by atoms with van der Waals surface area (Å²) in [5, 5.41) is 6.82. The van der Waals surface area contributed by atoms with E-state index in [-0.39, 0.29) is 11.9 Å². The zero-order chi connectivity index (χ0) is 18.9. The van der Waals surface area contributed by atoms with Crippen LogP contribution in [-0.2, 0) is 17.9 Å². The third-order valence-electron chi connectivity index (χ3n) is 4.85. The number of benzene rings is 1. The van der Waals surface area contributed by atoms with E-state index in [2.05, 4.69) is 58.8 Å². The quantitative estimate of drug-likeness (QED) is 0.576. The highest BCUT2D eigenvalue weighted by Gasteiger charge is 2.25. The Hall–Kier alpha value is -2.08. The molecule has 0 aromatic heterocycles. The standard InChI is InChI=1S/C20H33N5O/c1-5-19(26)25-11-10-18(15-25)23-20(21-3)22-13-16-8-7-9-17(12-16)14-24(4)6-2/h7-9,12,18H,5-6,10-11,13-15H2,1-4H3,(H2,21,22,23). The third-order valence-corrected chi connectivity index (χ3v) is 4.85. The van der Waals surface area contributed by atoms with Gasteiger partial charge >= 0.3 is 0 Å². The second kappa shape index (κ2) is 10.2. The summed E-state index contributed by atoms with van der Waals surface area (Å²) in [7, 11) is 3.91. The van der Waals surface area contributed by atoms with Gasteiger partial charge in [-0.25, -0.2) is 0 Å². The van der Waals surface area contributed by atoms with Gasteiger partial charge in [-0.1, -0.05) is 38.1 Å². The summed E-state index contributed by atoms with van der Waals surface area (Å²) >= 11 is 0. The first-order valence-corrected chi connectivity index (χ1v) is 9.57. The van der Waals surface area contributed by atoms with Crippen LogP contribution in [0.4, 0.5) is 0 Å². The molecule has 1 fully saturated rings. The average molecular weight is 360 g/mol. The molecular formula is C20H33N5O. The molecule has 1 aromatic carbocycles. The summed E-state index contributed by atoms with van der Waals surface area (Å²) in [6.07, 6.45) is 1.54. The van der Waals surface area contributed by atoms with Crippen molar-refractivity contribution in [2.75, 3.05) is 33.7 Å². The van der Waals surface area contributed by atoms with Crippen molar-refractivity contribution in [2.24, 2.45) is 4.99 Å². The zero-order valence-electron chi connectivity index (χ0n) is 16.6. The van der Waals surface area contributed by atoms with Gasteiger partial charge in [0.2, 0.25) is 5.91 Å². The molecule has 1 saturated heterocycles. The molecule has 1 unspecified atom stereocenters. The fraction of sp³-hybridized carbons (Fsp3) is 0.600. The number of carbonyl (C=O) groups excluding carboxylic acids is 1. The van der Waals surface area contributed by atoms with Crippen LogP contribution in [0.15, 0.2) is 29.3 Å². The molecule has 6 heteroatoms. The number of hydrogen-bond acceptors (Lipinski definition) is 3. The fourth-order valence-corrected chi connectivity index (χ4v) is 3.16. The molecule has 1 atom stereocenters. The molecule has 144 valence electrons. The van der Waals surface area contributed by atoms with E-state index in [1.807, 2.05) is 11.8 Å². The van der Waals surface area contributed by atoms with Gasteiger partial charge in [-0.05, 0) is 31.1 Å². The molecule has 1 aliphatic rings. The van der Waals surface area contributed by atoms with Gasteiger partial charge in [-0.3, -0.25) is 9.79 Å². The Morgan fingerprint density at radius 3 is 2.81 bits per heavy atom. The van der Waals surface area contributed by atoms with E-state index in [1.54, 1.807) is 7.05 Å². The lowest BCUT2D eigenvalue weighted by Crippen LogP contribution is -2.44. The van der Waals surface area contributed by atoms with Gasteiger partial charge in [0.25, 0.3) is 0 Å². The van der Waals surface area contributed by atoms with E-state index in [1.165, 1.54) is 11.1 Å². The topological polar surface area (TPSA) is 60.0 Å². The summed E-state index contributed by atoms with van der Waals surface area (Å²) in [5.74, 6) is 1.02. The van der Waals surface area contributed by atoms with Gasteiger partial charge in [-0.2, -0.15) is 0 Å². The number of carbonyl (C=O) groups is 1. The van der Waals surface area contributed by atoms with E-state index in [4.69, 9.17) is 0 Å². The van der Waals surface area contributed by atoms with Crippen LogP contribution in [0.3, 0.4) is 0 Å². The molecule has 0 aliphatic carbocycles. The van der Waals surface area contributed by atoms with Crippen LogP contribution >= 0.6 is 0 Å². The minimum atomic E-state index is 0.228. The number of guanidine groups is 1. The maximum atomic E-state index is 11.8. The van der Waals surface area contributed by atoms with Crippen molar-refractivity contribution in [1.82, 2.24) is 20.4 Å². The molecule has 1 amide bonds. The van der Waals surface area contributed by atoms with Crippen LogP contribution < -0.4 is 10.6 Å². The molecule has 1 heterocycles. The number of hydrogen-bond donors (Lipinski definition) is 2. The highest BCUT2D eigenvalue weighted by atomic mass is 16.2. The van der Waals surface area contributed by atoms with Crippen molar-refractivity contribution in [3.05, 3.63) is 35.4 Å². The first-order chi connectivity index (χ1) is 12.5. The van der Waals surface area contributed by atoms with Crippen molar-refractivity contribution in [1.29, 1.82) is 0 Å². The summed E-state index contributed by atoms with van der Waals surface area (Å²) in [4.78, 5) is 20.3. The SMILES string of the molecule is CCC(=O)N1CCC(NC(=NC)NCc2cccc(CN(C)CC)c2)C1. The second-order valence-electron chi connectivity index (χ2n) is 6.90. The van der Waals surface area contributed by atoms with E-state index in [0.29, 0.717) is 6.42 Å². The van der Waals surface area contributed by atoms with Crippen LogP contribution in [0.25, 0.3) is 0 Å². The van der Waals surface area contributed by atoms with Crippen LogP contribution in [0.5, 0.6) is 0 Å². The molecule has 0 bridgehead atoms. The van der Waals surface area contributed by atoms with E-state index in [0.717, 1.165) is 45.1 Å². The highest BCUT2D eigenvalue weighted by molar-refractivity contribution is 5.80. The van der Waals surface area contributed by atoms with E-state index in [9.17, 15) is 4.79 Å². The minimum Gasteiger partial charge on any atom is -0.352 e. The minimum absolute atomic E-state index is 0.228. The molecule has 6 nitrogen and oxygen atoms in total. The predicted octanol–water partition coefficient (Wildman–Crippen LogP) is 1.81. The van der Waals surface area contributed by atoms with Crippen molar-refractivity contribution in [2.45, 2.75) is 45.8 Å². The summed E-state index contributed by atoms with van der Waals surface area (Å²) in [5.41, 5.74) is 2.56. The number of aliphatic imine (C=N–C) groups is 1. The molecule has 0 spiro atoms. The molecular weight excluding hydrogens is 326 g/mol.